The lowest BCUT2D eigenvalue weighted by atomic mass is 10.1. The van der Waals surface area contributed by atoms with Crippen molar-refractivity contribution in [3.63, 3.8) is 0 Å². The highest BCUT2D eigenvalue weighted by Crippen LogP contribution is 2.22. The highest BCUT2D eigenvalue weighted by molar-refractivity contribution is 5.95. The molecule has 0 bridgehead atoms. The minimum Gasteiger partial charge on any atom is -0.466 e. The van der Waals surface area contributed by atoms with Crippen LogP contribution in [0.25, 0.3) is 10.9 Å². The van der Waals surface area contributed by atoms with Gasteiger partial charge in [0.1, 0.15) is 11.5 Å². The standard InChI is InChI=1S/C21H22F2N4O3/c1-13-9-17(14(2)30-13)21(29)26-7-5-25(6-8-26)15-3-4-16-18(10-15)24-12-27(20(16)28)11-19(22)23/h3-4,9-10,12,19H,5-8,11H2,1-2H3. The van der Waals surface area contributed by atoms with Gasteiger partial charge in [-0.3, -0.25) is 14.2 Å². The van der Waals surface area contributed by atoms with Crippen molar-refractivity contribution in [2.24, 2.45) is 0 Å². The number of aryl methyl sites for hydroxylation is 2. The lowest BCUT2D eigenvalue weighted by molar-refractivity contribution is 0.0745. The number of amides is 1. The van der Waals surface area contributed by atoms with Crippen LogP contribution in [0.1, 0.15) is 21.9 Å². The van der Waals surface area contributed by atoms with Crippen LogP contribution in [0.2, 0.25) is 0 Å². The van der Waals surface area contributed by atoms with Crippen LogP contribution in [-0.4, -0.2) is 53.0 Å². The number of benzene rings is 1. The summed E-state index contributed by atoms with van der Waals surface area (Å²) in [5.74, 6) is 1.30. The van der Waals surface area contributed by atoms with E-state index in [0.29, 0.717) is 54.2 Å². The molecule has 1 fully saturated rings. The van der Waals surface area contributed by atoms with E-state index in [9.17, 15) is 18.4 Å². The second-order valence-electron chi connectivity index (χ2n) is 7.40. The third-order valence-electron chi connectivity index (χ3n) is 5.35. The number of halogens is 2. The minimum atomic E-state index is -2.62. The van der Waals surface area contributed by atoms with Crippen LogP contribution in [0.4, 0.5) is 14.5 Å². The van der Waals surface area contributed by atoms with Crippen molar-refractivity contribution < 1.29 is 18.0 Å². The average molecular weight is 416 g/mol. The van der Waals surface area contributed by atoms with E-state index in [4.69, 9.17) is 4.42 Å². The number of alkyl halides is 2. The Morgan fingerprint density at radius 3 is 2.53 bits per heavy atom. The summed E-state index contributed by atoms with van der Waals surface area (Å²) in [4.78, 5) is 33.2. The zero-order valence-corrected chi connectivity index (χ0v) is 16.8. The summed E-state index contributed by atoms with van der Waals surface area (Å²) in [5, 5.41) is 0.307. The van der Waals surface area contributed by atoms with Crippen molar-refractivity contribution in [3.05, 3.63) is 58.0 Å². The van der Waals surface area contributed by atoms with E-state index in [0.717, 1.165) is 16.6 Å². The lowest BCUT2D eigenvalue weighted by Crippen LogP contribution is -2.48. The highest BCUT2D eigenvalue weighted by Gasteiger charge is 2.25. The van der Waals surface area contributed by atoms with Crippen molar-refractivity contribution >= 4 is 22.5 Å². The molecule has 1 amide bonds. The minimum absolute atomic E-state index is 0.0382. The van der Waals surface area contributed by atoms with Gasteiger partial charge in [0.25, 0.3) is 17.9 Å². The van der Waals surface area contributed by atoms with Gasteiger partial charge in [0, 0.05) is 31.9 Å². The molecule has 1 aliphatic heterocycles. The average Bonchev–Trinajstić information content (AvgIpc) is 3.07. The number of nitrogens with zero attached hydrogens (tertiary/aromatic N) is 4. The summed E-state index contributed by atoms with van der Waals surface area (Å²) < 4.78 is 31.6. The molecule has 0 N–H and O–H groups in total. The second-order valence-corrected chi connectivity index (χ2v) is 7.40. The molecule has 4 rings (SSSR count). The van der Waals surface area contributed by atoms with Crippen molar-refractivity contribution in [1.29, 1.82) is 0 Å². The molecule has 30 heavy (non-hydrogen) atoms. The predicted molar refractivity (Wildman–Crippen MR) is 108 cm³/mol. The number of furan rings is 1. The SMILES string of the molecule is Cc1cc(C(=O)N2CCN(c3ccc4c(=O)n(CC(F)F)cnc4c3)CC2)c(C)o1. The summed E-state index contributed by atoms with van der Waals surface area (Å²) in [5.41, 5.74) is 1.46. The Morgan fingerprint density at radius 2 is 1.90 bits per heavy atom. The van der Waals surface area contributed by atoms with E-state index in [1.54, 1.807) is 36.1 Å². The van der Waals surface area contributed by atoms with Crippen LogP contribution in [0, 0.1) is 13.8 Å². The third kappa shape index (κ3) is 3.79. The van der Waals surface area contributed by atoms with E-state index >= 15 is 0 Å². The number of carbonyl (C=O) groups excluding carboxylic acids is 1. The van der Waals surface area contributed by atoms with E-state index in [-0.39, 0.29) is 5.91 Å². The maximum Gasteiger partial charge on any atom is 0.261 e. The molecule has 0 atom stereocenters. The number of fused-ring (bicyclic) bond motifs is 1. The quantitative estimate of drug-likeness (QED) is 0.654. The number of piperazine rings is 1. The summed E-state index contributed by atoms with van der Waals surface area (Å²) in [6, 6.07) is 6.96. The molecular formula is C21H22F2N4O3. The first kappa shape index (κ1) is 20.1. The van der Waals surface area contributed by atoms with Crippen molar-refractivity contribution in [2.45, 2.75) is 26.8 Å². The van der Waals surface area contributed by atoms with Gasteiger partial charge in [-0.1, -0.05) is 0 Å². The van der Waals surface area contributed by atoms with E-state index < -0.39 is 18.5 Å². The summed E-state index contributed by atoms with van der Waals surface area (Å²) in [6.45, 7) is 5.32. The van der Waals surface area contributed by atoms with Crippen LogP contribution in [0.5, 0.6) is 0 Å². The zero-order chi connectivity index (χ0) is 21.4. The number of aromatic nitrogens is 2. The molecule has 9 heteroatoms. The molecule has 1 aliphatic rings. The first-order chi connectivity index (χ1) is 14.3. The van der Waals surface area contributed by atoms with Crippen molar-refractivity contribution in [2.75, 3.05) is 31.1 Å². The number of carbonyl (C=O) groups is 1. The molecule has 3 aromatic rings. The molecule has 1 saturated heterocycles. The molecule has 0 unspecified atom stereocenters. The van der Waals surface area contributed by atoms with E-state index in [1.165, 1.54) is 0 Å². The maximum absolute atomic E-state index is 12.7. The maximum atomic E-state index is 12.7. The van der Waals surface area contributed by atoms with Crippen LogP contribution < -0.4 is 10.5 Å². The Morgan fingerprint density at radius 1 is 1.17 bits per heavy atom. The molecular weight excluding hydrogens is 394 g/mol. The number of hydrogen-bond acceptors (Lipinski definition) is 5. The fourth-order valence-electron chi connectivity index (χ4n) is 3.80. The molecule has 0 saturated carbocycles. The summed E-state index contributed by atoms with van der Waals surface area (Å²) in [7, 11) is 0. The number of rotatable bonds is 4. The van der Waals surface area contributed by atoms with Crippen molar-refractivity contribution in [1.82, 2.24) is 14.5 Å². The predicted octanol–water partition coefficient (Wildman–Crippen LogP) is 2.83. The molecule has 7 nitrogen and oxygen atoms in total. The highest BCUT2D eigenvalue weighted by atomic mass is 19.3. The van der Waals surface area contributed by atoms with Gasteiger partial charge in [-0.25, -0.2) is 13.8 Å². The van der Waals surface area contributed by atoms with Gasteiger partial charge < -0.3 is 14.2 Å². The monoisotopic (exact) mass is 416 g/mol. The van der Waals surface area contributed by atoms with Gasteiger partial charge in [-0.05, 0) is 38.1 Å². The molecule has 2 aromatic heterocycles. The lowest BCUT2D eigenvalue weighted by Gasteiger charge is -2.36. The smallest absolute Gasteiger partial charge is 0.261 e. The first-order valence-electron chi connectivity index (χ1n) is 9.72. The van der Waals surface area contributed by atoms with Gasteiger partial charge in [-0.15, -0.1) is 0 Å². The largest absolute Gasteiger partial charge is 0.466 e. The Kier molecular flexibility index (Phi) is 5.27. The molecule has 0 spiro atoms. The molecule has 0 radical (unpaired) electrons. The van der Waals surface area contributed by atoms with Gasteiger partial charge in [0.05, 0.1) is 29.3 Å². The Balaban J connectivity index is 1.48. The first-order valence-corrected chi connectivity index (χ1v) is 9.72. The Hall–Kier alpha value is -3.23. The Bertz CT molecular complexity index is 1150. The number of hydrogen-bond donors (Lipinski definition) is 0. The van der Waals surface area contributed by atoms with Crippen LogP contribution >= 0.6 is 0 Å². The topological polar surface area (TPSA) is 71.6 Å². The molecule has 0 aliphatic carbocycles. The molecule has 1 aromatic carbocycles. The van der Waals surface area contributed by atoms with Gasteiger partial charge in [-0.2, -0.15) is 0 Å². The van der Waals surface area contributed by atoms with Crippen LogP contribution in [0.15, 0.2) is 39.8 Å². The van der Waals surface area contributed by atoms with Gasteiger partial charge in [0.2, 0.25) is 0 Å². The molecule has 158 valence electrons. The van der Waals surface area contributed by atoms with Crippen LogP contribution in [0.3, 0.4) is 0 Å². The van der Waals surface area contributed by atoms with Gasteiger partial charge >= 0.3 is 0 Å². The summed E-state index contributed by atoms with van der Waals surface area (Å²) >= 11 is 0. The third-order valence-corrected chi connectivity index (χ3v) is 5.35. The fraction of sp³-hybridized carbons (Fsp3) is 0.381. The zero-order valence-electron chi connectivity index (χ0n) is 16.8. The molecule has 3 heterocycles. The summed E-state index contributed by atoms with van der Waals surface area (Å²) in [6.07, 6.45) is -1.46. The van der Waals surface area contributed by atoms with E-state index in [2.05, 4.69) is 9.88 Å². The fourth-order valence-corrected chi connectivity index (χ4v) is 3.80. The normalized spacial score (nSPS) is 14.7. The van der Waals surface area contributed by atoms with Crippen LogP contribution in [-0.2, 0) is 6.54 Å². The van der Waals surface area contributed by atoms with Crippen molar-refractivity contribution in [3.8, 4) is 0 Å². The van der Waals surface area contributed by atoms with E-state index in [1.807, 2.05) is 6.92 Å². The van der Waals surface area contributed by atoms with Gasteiger partial charge in [0.15, 0.2) is 0 Å². The second kappa shape index (κ2) is 7.89. The number of anilines is 1. The Labute approximate surface area is 171 Å².